The summed E-state index contributed by atoms with van der Waals surface area (Å²) in [5.74, 6) is 0. The molecule has 0 bridgehead atoms. The van der Waals surface area contributed by atoms with E-state index in [2.05, 4.69) is 75.9 Å². The van der Waals surface area contributed by atoms with E-state index in [0.717, 1.165) is 0 Å². The summed E-state index contributed by atoms with van der Waals surface area (Å²) in [6.45, 7) is 13.9. The molecule has 0 spiro atoms. The summed E-state index contributed by atoms with van der Waals surface area (Å²) in [5.41, 5.74) is 3.45. The van der Waals surface area contributed by atoms with Gasteiger partial charge in [-0.15, -0.1) is 0 Å². The molecule has 1 aliphatic rings. The summed E-state index contributed by atoms with van der Waals surface area (Å²) in [6.07, 6.45) is 4.55. The molecule has 0 saturated carbocycles. The first-order valence-electron chi connectivity index (χ1n) is 7.60. The lowest BCUT2D eigenvalue weighted by atomic mass is 10.0. The molecule has 0 unspecified atom stereocenters. The van der Waals surface area contributed by atoms with Crippen LogP contribution in [0.25, 0.3) is 0 Å². The molecule has 0 fully saturated rings. The summed E-state index contributed by atoms with van der Waals surface area (Å²) in [4.78, 5) is 7.22. The van der Waals surface area contributed by atoms with Crippen LogP contribution in [0.2, 0.25) is 19.6 Å². The number of hydrogen-bond donors (Lipinski definition) is 0. The predicted octanol–water partition coefficient (Wildman–Crippen LogP) is 4.51. The SMILES string of the molecule is CC(C)(C)N=CN1c2ccccc2CC[C@@H]1[Si](C)(C)C. The molecular weight excluding hydrogens is 260 g/mol. The number of anilines is 1. The molecule has 3 heteroatoms. The van der Waals surface area contributed by atoms with Crippen molar-refractivity contribution in [3.05, 3.63) is 29.8 Å². The second-order valence-electron chi connectivity index (χ2n) is 7.87. The van der Waals surface area contributed by atoms with Gasteiger partial charge in [0.05, 0.1) is 20.0 Å². The van der Waals surface area contributed by atoms with E-state index in [1.807, 2.05) is 0 Å². The number of hydrogen-bond acceptors (Lipinski definition) is 1. The zero-order chi connectivity index (χ0) is 15.0. The molecule has 110 valence electrons. The average molecular weight is 289 g/mol. The van der Waals surface area contributed by atoms with Crippen molar-refractivity contribution in [3.63, 3.8) is 0 Å². The Balaban J connectivity index is 2.41. The fraction of sp³-hybridized carbons (Fsp3) is 0.588. The third-order valence-corrected chi connectivity index (χ3v) is 6.43. The van der Waals surface area contributed by atoms with Crippen molar-refractivity contribution in [2.45, 2.75) is 64.5 Å². The highest BCUT2D eigenvalue weighted by molar-refractivity contribution is 6.78. The van der Waals surface area contributed by atoms with E-state index < -0.39 is 8.07 Å². The zero-order valence-corrected chi connectivity index (χ0v) is 14.8. The van der Waals surface area contributed by atoms with Crippen LogP contribution in [-0.2, 0) is 6.42 Å². The second kappa shape index (κ2) is 5.36. The minimum Gasteiger partial charge on any atom is -0.332 e. The van der Waals surface area contributed by atoms with Crippen LogP contribution in [0.4, 0.5) is 5.69 Å². The highest BCUT2D eigenvalue weighted by Crippen LogP contribution is 2.33. The van der Waals surface area contributed by atoms with Crippen molar-refractivity contribution >= 4 is 20.1 Å². The quantitative estimate of drug-likeness (QED) is 0.444. The molecule has 0 saturated heterocycles. The molecule has 0 aromatic heterocycles. The van der Waals surface area contributed by atoms with E-state index in [4.69, 9.17) is 4.99 Å². The third-order valence-electron chi connectivity index (χ3n) is 3.86. The van der Waals surface area contributed by atoms with E-state index in [9.17, 15) is 0 Å². The summed E-state index contributed by atoms with van der Waals surface area (Å²) < 4.78 is 0. The van der Waals surface area contributed by atoms with Crippen molar-refractivity contribution in [1.29, 1.82) is 0 Å². The van der Waals surface area contributed by atoms with Gasteiger partial charge in [0.15, 0.2) is 0 Å². The van der Waals surface area contributed by atoms with Crippen molar-refractivity contribution in [2.24, 2.45) is 4.99 Å². The third kappa shape index (κ3) is 3.51. The molecule has 0 aliphatic carbocycles. The van der Waals surface area contributed by atoms with Gasteiger partial charge in [0.25, 0.3) is 0 Å². The van der Waals surface area contributed by atoms with Crippen LogP contribution in [0, 0.1) is 0 Å². The Hall–Kier alpha value is -1.09. The number of aryl methyl sites for hydroxylation is 1. The van der Waals surface area contributed by atoms with Gasteiger partial charge < -0.3 is 4.90 Å². The Kier molecular flexibility index (Phi) is 4.10. The van der Waals surface area contributed by atoms with E-state index in [1.165, 1.54) is 24.1 Å². The normalized spacial score (nSPS) is 20.3. The van der Waals surface area contributed by atoms with Crippen LogP contribution in [0.3, 0.4) is 0 Å². The van der Waals surface area contributed by atoms with Gasteiger partial charge in [0, 0.05) is 11.4 Å². The maximum absolute atomic E-state index is 4.77. The highest BCUT2D eigenvalue weighted by atomic mass is 28.3. The minimum atomic E-state index is -1.25. The Labute approximate surface area is 124 Å². The van der Waals surface area contributed by atoms with Gasteiger partial charge in [-0.25, -0.2) is 0 Å². The van der Waals surface area contributed by atoms with E-state index in [-0.39, 0.29) is 5.54 Å². The topological polar surface area (TPSA) is 15.6 Å². The largest absolute Gasteiger partial charge is 0.332 e. The Morgan fingerprint density at radius 3 is 2.45 bits per heavy atom. The lowest BCUT2D eigenvalue weighted by Gasteiger charge is -2.42. The van der Waals surface area contributed by atoms with Gasteiger partial charge in [-0.05, 0) is 45.2 Å². The van der Waals surface area contributed by atoms with Gasteiger partial charge in [0.1, 0.15) is 0 Å². The van der Waals surface area contributed by atoms with Crippen molar-refractivity contribution in [3.8, 4) is 0 Å². The number of para-hydroxylation sites is 1. The summed E-state index contributed by atoms with van der Waals surface area (Å²) in [7, 11) is -1.25. The smallest absolute Gasteiger partial charge is 0.0900 e. The van der Waals surface area contributed by atoms with Crippen molar-refractivity contribution in [1.82, 2.24) is 0 Å². The molecule has 1 atom stereocenters. The Morgan fingerprint density at radius 2 is 1.85 bits per heavy atom. The fourth-order valence-electron chi connectivity index (χ4n) is 2.80. The zero-order valence-electron chi connectivity index (χ0n) is 13.8. The fourth-order valence-corrected chi connectivity index (χ4v) is 4.85. The van der Waals surface area contributed by atoms with Gasteiger partial charge in [-0.3, -0.25) is 4.99 Å². The van der Waals surface area contributed by atoms with Gasteiger partial charge in [-0.1, -0.05) is 37.8 Å². The summed E-state index contributed by atoms with van der Waals surface area (Å²) in [6, 6.07) is 8.79. The van der Waals surface area contributed by atoms with Crippen LogP contribution in [0.5, 0.6) is 0 Å². The average Bonchev–Trinajstić information content (AvgIpc) is 2.33. The lowest BCUT2D eigenvalue weighted by molar-refractivity contribution is 0.582. The van der Waals surface area contributed by atoms with Gasteiger partial charge >= 0.3 is 0 Å². The molecule has 0 N–H and O–H groups in total. The highest BCUT2D eigenvalue weighted by Gasteiger charge is 2.35. The molecule has 2 rings (SSSR count). The molecule has 1 aromatic carbocycles. The van der Waals surface area contributed by atoms with Crippen LogP contribution >= 0.6 is 0 Å². The second-order valence-corrected chi connectivity index (χ2v) is 13.3. The summed E-state index contributed by atoms with van der Waals surface area (Å²) in [5, 5.41) is 0. The number of benzene rings is 1. The van der Waals surface area contributed by atoms with Crippen molar-refractivity contribution in [2.75, 3.05) is 4.90 Å². The maximum atomic E-state index is 4.77. The Bertz CT molecular complexity index is 494. The predicted molar refractivity (Wildman–Crippen MR) is 92.6 cm³/mol. The molecule has 1 aromatic rings. The van der Waals surface area contributed by atoms with E-state index >= 15 is 0 Å². The van der Waals surface area contributed by atoms with E-state index in [1.54, 1.807) is 0 Å². The molecular formula is C17H28N2Si. The number of rotatable bonds is 2. The molecule has 0 amide bonds. The first kappa shape index (κ1) is 15.3. The molecule has 1 aliphatic heterocycles. The standard InChI is InChI=1S/C17H28N2Si/c1-17(2,3)18-13-19-15-10-8-7-9-14(15)11-12-16(19)20(4,5)6/h7-10,13,16H,11-12H2,1-6H3/t16-/m0/s1. The van der Waals surface area contributed by atoms with Crippen LogP contribution in [-0.4, -0.2) is 25.6 Å². The van der Waals surface area contributed by atoms with Gasteiger partial charge in [0.2, 0.25) is 0 Å². The monoisotopic (exact) mass is 288 g/mol. The van der Waals surface area contributed by atoms with Gasteiger partial charge in [-0.2, -0.15) is 0 Å². The first-order valence-corrected chi connectivity index (χ1v) is 11.2. The Morgan fingerprint density at radius 1 is 1.20 bits per heavy atom. The number of aliphatic imine (C=N–C) groups is 1. The van der Waals surface area contributed by atoms with Crippen molar-refractivity contribution < 1.29 is 0 Å². The first-order chi connectivity index (χ1) is 9.18. The van der Waals surface area contributed by atoms with Crippen LogP contribution in [0.1, 0.15) is 32.8 Å². The lowest BCUT2D eigenvalue weighted by Crippen LogP contribution is -2.53. The number of nitrogens with zero attached hydrogens (tertiary/aromatic N) is 2. The maximum Gasteiger partial charge on any atom is 0.0900 e. The molecule has 2 nitrogen and oxygen atoms in total. The summed E-state index contributed by atoms with van der Waals surface area (Å²) >= 11 is 0. The molecule has 1 heterocycles. The van der Waals surface area contributed by atoms with Crippen LogP contribution < -0.4 is 4.90 Å². The molecule has 0 radical (unpaired) electrons. The number of fused-ring (bicyclic) bond motifs is 1. The minimum absolute atomic E-state index is 0.0175. The molecule has 20 heavy (non-hydrogen) atoms. The van der Waals surface area contributed by atoms with Crippen LogP contribution in [0.15, 0.2) is 29.3 Å². The van der Waals surface area contributed by atoms with E-state index in [0.29, 0.717) is 5.67 Å².